The van der Waals surface area contributed by atoms with Crippen LogP contribution < -0.4 is 4.74 Å². The minimum Gasteiger partial charge on any atom is -0.481 e. The molecule has 2 heterocycles. The highest BCUT2D eigenvalue weighted by Gasteiger charge is 2.24. The maximum Gasteiger partial charge on any atom is 0.258 e. The second kappa shape index (κ2) is 7.96. The van der Waals surface area contributed by atoms with Gasteiger partial charge in [0, 0.05) is 24.5 Å². The van der Waals surface area contributed by atoms with Gasteiger partial charge in [0.05, 0.1) is 24.6 Å². The molecule has 0 bridgehead atoms. The lowest BCUT2D eigenvalue weighted by Gasteiger charge is -2.31. The van der Waals surface area contributed by atoms with Crippen LogP contribution in [0.4, 0.5) is 0 Å². The zero-order chi connectivity index (χ0) is 19.5. The van der Waals surface area contributed by atoms with Crippen molar-refractivity contribution >= 4 is 16.8 Å². The molecule has 0 aliphatic heterocycles. The van der Waals surface area contributed by atoms with Crippen molar-refractivity contribution in [2.45, 2.75) is 44.6 Å². The third-order valence-corrected chi connectivity index (χ3v) is 5.43. The number of hydrogen-bond acceptors (Lipinski definition) is 6. The molecule has 0 unspecified atom stereocenters. The fourth-order valence-corrected chi connectivity index (χ4v) is 3.80. The van der Waals surface area contributed by atoms with E-state index in [-0.39, 0.29) is 12.3 Å². The third-order valence-electron chi connectivity index (χ3n) is 5.43. The van der Waals surface area contributed by atoms with Gasteiger partial charge in [-0.25, -0.2) is 4.98 Å². The number of aromatic nitrogens is 3. The van der Waals surface area contributed by atoms with Crippen LogP contribution in [0, 0.1) is 0 Å². The fraction of sp³-hybridized carbons (Fsp3) is 0.429. The maximum absolute atomic E-state index is 12.6. The molecule has 0 spiro atoms. The zero-order valence-corrected chi connectivity index (χ0v) is 16.2. The molecule has 0 saturated heterocycles. The molecule has 1 aliphatic rings. The Labute approximate surface area is 163 Å². The Bertz CT molecular complexity index is 979. The van der Waals surface area contributed by atoms with E-state index in [1.54, 1.807) is 13.2 Å². The van der Waals surface area contributed by atoms with Crippen LogP contribution in [0.2, 0.25) is 0 Å². The smallest absolute Gasteiger partial charge is 0.258 e. The zero-order valence-electron chi connectivity index (χ0n) is 16.2. The minimum atomic E-state index is 0.0245. The van der Waals surface area contributed by atoms with Crippen molar-refractivity contribution in [3.8, 4) is 17.3 Å². The van der Waals surface area contributed by atoms with Gasteiger partial charge in [-0.15, -0.1) is 0 Å². The number of rotatable bonds is 5. The molecule has 2 aromatic heterocycles. The first kappa shape index (κ1) is 18.4. The van der Waals surface area contributed by atoms with E-state index in [9.17, 15) is 4.79 Å². The highest BCUT2D eigenvalue weighted by atomic mass is 16.5. The molecule has 0 radical (unpaired) electrons. The van der Waals surface area contributed by atoms with Crippen molar-refractivity contribution in [1.29, 1.82) is 0 Å². The van der Waals surface area contributed by atoms with E-state index < -0.39 is 0 Å². The first-order valence-corrected chi connectivity index (χ1v) is 9.68. The van der Waals surface area contributed by atoms with Crippen molar-refractivity contribution < 1.29 is 14.1 Å². The first-order chi connectivity index (χ1) is 13.7. The largest absolute Gasteiger partial charge is 0.481 e. The van der Waals surface area contributed by atoms with Gasteiger partial charge in [-0.2, -0.15) is 4.98 Å². The second-order valence-electron chi connectivity index (χ2n) is 7.22. The number of nitrogens with zero attached hydrogens (tertiary/aromatic N) is 4. The molecule has 1 aromatic carbocycles. The predicted octanol–water partition coefficient (Wildman–Crippen LogP) is 3.63. The van der Waals surface area contributed by atoms with Crippen LogP contribution in [0.5, 0.6) is 5.88 Å². The lowest BCUT2D eigenvalue weighted by Crippen LogP contribution is -2.39. The summed E-state index contributed by atoms with van der Waals surface area (Å²) >= 11 is 0. The fourth-order valence-electron chi connectivity index (χ4n) is 3.80. The molecule has 1 aliphatic carbocycles. The van der Waals surface area contributed by atoms with Crippen LogP contribution in [0.15, 0.2) is 34.9 Å². The molecule has 0 atom stereocenters. The Morgan fingerprint density at radius 3 is 2.79 bits per heavy atom. The first-order valence-electron chi connectivity index (χ1n) is 9.68. The van der Waals surface area contributed by atoms with E-state index in [4.69, 9.17) is 9.26 Å². The van der Waals surface area contributed by atoms with Gasteiger partial charge >= 0.3 is 0 Å². The van der Waals surface area contributed by atoms with Crippen LogP contribution in [-0.2, 0) is 11.2 Å². The summed E-state index contributed by atoms with van der Waals surface area (Å²) < 4.78 is 10.8. The van der Waals surface area contributed by atoms with Crippen molar-refractivity contribution in [2.24, 2.45) is 0 Å². The Kier molecular flexibility index (Phi) is 5.23. The predicted molar refractivity (Wildman–Crippen MR) is 105 cm³/mol. The lowest BCUT2D eigenvalue weighted by atomic mass is 9.94. The SMILES string of the molecule is COc1cc(-c2nc(CC(=O)N(C)C3CCCCC3)no2)c2ccccc2n1. The molecule has 7 heteroatoms. The van der Waals surface area contributed by atoms with Gasteiger partial charge in [0.2, 0.25) is 11.8 Å². The highest BCUT2D eigenvalue weighted by Crippen LogP contribution is 2.30. The summed E-state index contributed by atoms with van der Waals surface area (Å²) in [4.78, 5) is 23.4. The van der Waals surface area contributed by atoms with Crippen molar-refractivity contribution in [3.63, 3.8) is 0 Å². The number of ether oxygens (including phenoxy) is 1. The average Bonchev–Trinajstić information content (AvgIpc) is 3.21. The molecule has 3 aromatic rings. The number of carbonyl (C=O) groups excluding carboxylic acids is 1. The number of para-hydroxylation sites is 1. The standard InChI is InChI=1S/C21H24N4O3/c1-25(14-8-4-3-5-9-14)20(26)13-18-23-21(28-24-18)16-12-19(27-2)22-17-11-7-6-10-15(16)17/h6-7,10-12,14H,3-5,8-9,13H2,1-2H3. The van der Waals surface area contributed by atoms with Gasteiger partial charge in [-0.05, 0) is 18.9 Å². The number of pyridine rings is 1. The Balaban J connectivity index is 1.56. The Morgan fingerprint density at radius 2 is 2.00 bits per heavy atom. The Morgan fingerprint density at radius 1 is 1.21 bits per heavy atom. The van der Waals surface area contributed by atoms with Crippen molar-refractivity contribution in [2.75, 3.05) is 14.2 Å². The van der Waals surface area contributed by atoms with E-state index in [1.165, 1.54) is 19.3 Å². The van der Waals surface area contributed by atoms with E-state index in [2.05, 4.69) is 15.1 Å². The summed E-state index contributed by atoms with van der Waals surface area (Å²) in [6, 6.07) is 9.79. The van der Waals surface area contributed by atoms with E-state index >= 15 is 0 Å². The molecule has 1 amide bonds. The molecular formula is C21H24N4O3. The number of hydrogen-bond donors (Lipinski definition) is 0. The molecule has 28 heavy (non-hydrogen) atoms. The molecule has 0 N–H and O–H groups in total. The number of carbonyl (C=O) groups is 1. The Hall–Kier alpha value is -2.96. The average molecular weight is 380 g/mol. The summed E-state index contributed by atoms with van der Waals surface area (Å²) in [7, 11) is 3.44. The normalized spacial score (nSPS) is 14.9. The second-order valence-corrected chi connectivity index (χ2v) is 7.22. The van der Waals surface area contributed by atoms with Gasteiger partial charge in [0.1, 0.15) is 0 Å². The summed E-state index contributed by atoms with van der Waals surface area (Å²) in [5, 5.41) is 4.92. The van der Waals surface area contributed by atoms with Gasteiger partial charge in [0.15, 0.2) is 5.82 Å². The molecule has 1 fully saturated rings. The summed E-state index contributed by atoms with van der Waals surface area (Å²) in [5.74, 6) is 1.25. The number of amides is 1. The van der Waals surface area contributed by atoms with E-state index in [1.807, 2.05) is 36.2 Å². The quantitative estimate of drug-likeness (QED) is 0.672. The molecule has 7 nitrogen and oxygen atoms in total. The number of methoxy groups -OCH3 is 1. The van der Waals surface area contributed by atoms with Crippen LogP contribution >= 0.6 is 0 Å². The molecule has 146 valence electrons. The third kappa shape index (κ3) is 3.69. The number of fused-ring (bicyclic) bond motifs is 1. The van der Waals surface area contributed by atoms with Gasteiger partial charge < -0.3 is 14.2 Å². The maximum atomic E-state index is 12.6. The van der Waals surface area contributed by atoms with Gasteiger partial charge in [-0.1, -0.05) is 42.6 Å². The van der Waals surface area contributed by atoms with E-state index in [0.717, 1.165) is 29.3 Å². The molecule has 1 saturated carbocycles. The minimum absolute atomic E-state index is 0.0245. The van der Waals surface area contributed by atoms with Crippen molar-refractivity contribution in [1.82, 2.24) is 20.0 Å². The topological polar surface area (TPSA) is 81.4 Å². The van der Waals surface area contributed by atoms with Crippen molar-refractivity contribution in [3.05, 3.63) is 36.2 Å². The number of likely N-dealkylation sites (N-methyl/N-ethyl adjacent to an activating group) is 1. The molecular weight excluding hydrogens is 356 g/mol. The summed E-state index contributed by atoms with van der Waals surface area (Å²) in [6.45, 7) is 0. The highest BCUT2D eigenvalue weighted by molar-refractivity contribution is 5.93. The molecule has 4 rings (SSSR count). The summed E-state index contributed by atoms with van der Waals surface area (Å²) in [6.07, 6.45) is 5.91. The van der Waals surface area contributed by atoms with E-state index in [0.29, 0.717) is 23.6 Å². The van der Waals surface area contributed by atoms with Crippen LogP contribution in [0.3, 0.4) is 0 Å². The summed E-state index contributed by atoms with van der Waals surface area (Å²) in [5.41, 5.74) is 1.53. The number of benzene rings is 1. The lowest BCUT2D eigenvalue weighted by molar-refractivity contribution is -0.131. The van der Waals surface area contributed by atoms with Crippen LogP contribution in [0.1, 0.15) is 37.9 Å². The van der Waals surface area contributed by atoms with Crippen LogP contribution in [0.25, 0.3) is 22.4 Å². The van der Waals surface area contributed by atoms with Gasteiger partial charge in [-0.3, -0.25) is 4.79 Å². The van der Waals surface area contributed by atoms with Gasteiger partial charge in [0.25, 0.3) is 5.89 Å². The van der Waals surface area contributed by atoms with Crippen LogP contribution in [-0.4, -0.2) is 46.1 Å². The monoisotopic (exact) mass is 380 g/mol.